The number of nitrogens with two attached hydrogens (primary N) is 1. The monoisotopic (exact) mass is 255 g/mol. The van der Waals surface area contributed by atoms with Crippen LogP contribution in [0.15, 0.2) is 12.5 Å². The smallest absolute Gasteiger partial charge is 0.0951 e. The Hall–Kier alpha value is -0.480. The number of hydrogen-bond donors (Lipinski definition) is 1. The fraction of sp³-hybridized carbons (Fsp3) is 0.769. The third-order valence-corrected chi connectivity index (χ3v) is 3.97. The largest absolute Gasteiger partial charge is 0.330 e. The van der Waals surface area contributed by atoms with Crippen LogP contribution in [0.4, 0.5) is 0 Å². The Balaban J connectivity index is 2.70. The molecule has 0 aliphatic carbocycles. The first kappa shape index (κ1) is 14.6. The van der Waals surface area contributed by atoms with Crippen molar-refractivity contribution in [3.63, 3.8) is 0 Å². The van der Waals surface area contributed by atoms with E-state index in [1.807, 2.05) is 24.3 Å². The van der Waals surface area contributed by atoms with Crippen LogP contribution < -0.4 is 5.73 Å². The van der Waals surface area contributed by atoms with E-state index in [0.717, 1.165) is 17.9 Å². The van der Waals surface area contributed by atoms with Crippen LogP contribution in [-0.4, -0.2) is 21.1 Å². The Labute approximate surface area is 109 Å². The summed E-state index contributed by atoms with van der Waals surface area (Å²) in [6, 6.07) is 0.572. The van der Waals surface area contributed by atoms with Gasteiger partial charge < -0.3 is 10.3 Å². The van der Waals surface area contributed by atoms with Crippen LogP contribution >= 0.6 is 11.8 Å². The van der Waals surface area contributed by atoms with Gasteiger partial charge in [0, 0.05) is 24.0 Å². The lowest BCUT2D eigenvalue weighted by molar-refractivity contribution is 0.470. The fourth-order valence-corrected chi connectivity index (χ4v) is 2.71. The maximum absolute atomic E-state index is 6.24. The molecule has 1 aromatic heterocycles. The van der Waals surface area contributed by atoms with Crippen molar-refractivity contribution in [3.8, 4) is 0 Å². The molecule has 0 fully saturated rings. The van der Waals surface area contributed by atoms with Crippen LogP contribution in [0.25, 0.3) is 0 Å². The predicted octanol–water partition coefficient (Wildman–Crippen LogP) is 3.24. The second-order valence-electron chi connectivity index (χ2n) is 4.97. The second kappa shape index (κ2) is 7.07. The van der Waals surface area contributed by atoms with E-state index < -0.39 is 0 Å². The van der Waals surface area contributed by atoms with Gasteiger partial charge in [-0.25, -0.2) is 4.98 Å². The van der Waals surface area contributed by atoms with Crippen LogP contribution in [0, 0.1) is 5.92 Å². The molecule has 1 heterocycles. The number of hydrogen-bond acceptors (Lipinski definition) is 3. The summed E-state index contributed by atoms with van der Waals surface area (Å²) in [5.74, 6) is 2.90. The normalized spacial score (nSPS) is 15.2. The van der Waals surface area contributed by atoms with Crippen LogP contribution in [0.1, 0.15) is 51.9 Å². The molecule has 17 heavy (non-hydrogen) atoms. The zero-order valence-electron chi connectivity index (χ0n) is 11.4. The molecule has 3 nitrogen and oxygen atoms in total. The van der Waals surface area contributed by atoms with E-state index >= 15 is 0 Å². The Morgan fingerprint density at radius 2 is 2.12 bits per heavy atom. The molecule has 98 valence electrons. The highest BCUT2D eigenvalue weighted by molar-refractivity contribution is 7.99. The van der Waals surface area contributed by atoms with E-state index in [2.05, 4.69) is 37.2 Å². The summed E-state index contributed by atoms with van der Waals surface area (Å²) in [5, 5.41) is 0. The van der Waals surface area contributed by atoms with E-state index in [0.29, 0.717) is 12.0 Å². The summed E-state index contributed by atoms with van der Waals surface area (Å²) in [6.45, 7) is 8.83. The highest BCUT2D eigenvalue weighted by Crippen LogP contribution is 2.23. The molecule has 0 saturated heterocycles. The van der Waals surface area contributed by atoms with Crippen LogP contribution in [0.3, 0.4) is 0 Å². The maximum atomic E-state index is 6.24. The highest BCUT2D eigenvalue weighted by atomic mass is 32.2. The molecule has 0 aromatic carbocycles. The third kappa shape index (κ3) is 4.36. The number of thioether (sulfide) groups is 1. The Kier molecular flexibility index (Phi) is 6.06. The van der Waals surface area contributed by atoms with Crippen LogP contribution in [0.5, 0.6) is 0 Å². The average molecular weight is 255 g/mol. The average Bonchev–Trinajstić information content (AvgIpc) is 2.73. The van der Waals surface area contributed by atoms with Gasteiger partial charge in [0.15, 0.2) is 0 Å². The van der Waals surface area contributed by atoms with Crippen molar-refractivity contribution in [1.82, 2.24) is 9.55 Å². The molecule has 2 unspecified atom stereocenters. The first-order chi connectivity index (χ1) is 8.06. The summed E-state index contributed by atoms with van der Waals surface area (Å²) >= 11 is 1.96. The number of imidazole rings is 1. The van der Waals surface area contributed by atoms with Gasteiger partial charge in [-0.2, -0.15) is 11.8 Å². The zero-order valence-corrected chi connectivity index (χ0v) is 12.2. The molecule has 1 rings (SSSR count). The molecular formula is C13H25N3S. The van der Waals surface area contributed by atoms with Gasteiger partial charge in [-0.3, -0.25) is 0 Å². The van der Waals surface area contributed by atoms with Gasteiger partial charge >= 0.3 is 0 Å². The molecule has 0 radical (unpaired) electrons. The number of nitrogens with zero attached hydrogens (tertiary/aromatic N) is 2. The standard InChI is InChI=1S/C13H25N3S/c1-5-17-8-11(4)16-9-15-7-13(16)12(14)6-10(2)3/h7,9-12H,5-6,8,14H2,1-4H3. The summed E-state index contributed by atoms with van der Waals surface area (Å²) in [4.78, 5) is 4.25. The molecular weight excluding hydrogens is 230 g/mol. The van der Waals surface area contributed by atoms with Crippen molar-refractivity contribution in [3.05, 3.63) is 18.2 Å². The minimum absolute atomic E-state index is 0.103. The second-order valence-corrected chi connectivity index (χ2v) is 6.29. The van der Waals surface area contributed by atoms with Crippen LogP contribution in [0.2, 0.25) is 0 Å². The van der Waals surface area contributed by atoms with Gasteiger partial charge in [-0.05, 0) is 25.0 Å². The Bertz CT molecular complexity index is 322. The minimum Gasteiger partial charge on any atom is -0.330 e. The first-order valence-corrected chi connectivity index (χ1v) is 7.56. The lowest BCUT2D eigenvalue weighted by Gasteiger charge is -2.20. The summed E-state index contributed by atoms with van der Waals surface area (Å²) in [7, 11) is 0. The Morgan fingerprint density at radius 1 is 1.41 bits per heavy atom. The summed E-state index contributed by atoms with van der Waals surface area (Å²) in [5.41, 5.74) is 7.41. The fourth-order valence-electron chi connectivity index (χ4n) is 1.97. The van der Waals surface area contributed by atoms with Gasteiger partial charge in [-0.1, -0.05) is 20.8 Å². The Morgan fingerprint density at radius 3 is 2.71 bits per heavy atom. The summed E-state index contributed by atoms with van der Waals surface area (Å²) in [6.07, 6.45) is 4.84. The van der Waals surface area contributed by atoms with E-state index in [1.54, 1.807) is 0 Å². The lowest BCUT2D eigenvalue weighted by atomic mass is 10.0. The molecule has 0 bridgehead atoms. The molecule has 4 heteroatoms. The molecule has 0 spiro atoms. The summed E-state index contributed by atoms with van der Waals surface area (Å²) < 4.78 is 2.23. The number of aromatic nitrogens is 2. The van der Waals surface area contributed by atoms with E-state index in [9.17, 15) is 0 Å². The maximum Gasteiger partial charge on any atom is 0.0951 e. The lowest BCUT2D eigenvalue weighted by Crippen LogP contribution is -2.19. The van der Waals surface area contributed by atoms with E-state index in [4.69, 9.17) is 5.73 Å². The molecule has 1 aromatic rings. The molecule has 0 aliphatic rings. The van der Waals surface area contributed by atoms with Gasteiger partial charge in [0.2, 0.25) is 0 Å². The van der Waals surface area contributed by atoms with Crippen molar-refractivity contribution in [2.75, 3.05) is 11.5 Å². The van der Waals surface area contributed by atoms with Gasteiger partial charge in [-0.15, -0.1) is 0 Å². The molecule has 0 amide bonds. The third-order valence-electron chi connectivity index (χ3n) is 2.84. The molecule has 0 aliphatic heterocycles. The van der Waals surface area contributed by atoms with Crippen molar-refractivity contribution >= 4 is 11.8 Å². The quantitative estimate of drug-likeness (QED) is 0.813. The van der Waals surface area contributed by atoms with E-state index in [-0.39, 0.29) is 6.04 Å². The SMILES string of the molecule is CCSCC(C)n1cncc1C(N)CC(C)C. The van der Waals surface area contributed by atoms with Crippen molar-refractivity contribution in [1.29, 1.82) is 0 Å². The van der Waals surface area contributed by atoms with Gasteiger partial charge in [0.05, 0.1) is 12.0 Å². The first-order valence-electron chi connectivity index (χ1n) is 6.41. The molecule has 0 saturated carbocycles. The topological polar surface area (TPSA) is 43.8 Å². The zero-order chi connectivity index (χ0) is 12.8. The highest BCUT2D eigenvalue weighted by Gasteiger charge is 2.16. The van der Waals surface area contributed by atoms with Crippen LogP contribution in [-0.2, 0) is 0 Å². The molecule has 2 N–H and O–H groups in total. The van der Waals surface area contributed by atoms with Gasteiger partial charge in [0.1, 0.15) is 0 Å². The van der Waals surface area contributed by atoms with Gasteiger partial charge in [0.25, 0.3) is 0 Å². The molecule has 2 atom stereocenters. The number of rotatable bonds is 7. The van der Waals surface area contributed by atoms with Crippen molar-refractivity contribution in [2.45, 2.75) is 46.2 Å². The van der Waals surface area contributed by atoms with E-state index in [1.165, 1.54) is 5.69 Å². The minimum atomic E-state index is 0.103. The predicted molar refractivity (Wildman–Crippen MR) is 76.3 cm³/mol. The van der Waals surface area contributed by atoms with Crippen molar-refractivity contribution in [2.24, 2.45) is 11.7 Å². The van der Waals surface area contributed by atoms with Crippen molar-refractivity contribution < 1.29 is 0 Å².